The summed E-state index contributed by atoms with van der Waals surface area (Å²) >= 11 is 1.84. The number of hydrogen-bond acceptors (Lipinski definition) is 1. The Hall–Kier alpha value is -1.47. The molecule has 0 atom stereocenters. The van der Waals surface area contributed by atoms with Gasteiger partial charge in [-0.25, -0.2) is 0 Å². The molecule has 0 unspecified atom stereocenters. The first-order chi connectivity index (χ1) is 8.75. The smallest absolute Gasteiger partial charge is 0.0154 e. The molecule has 18 heavy (non-hydrogen) atoms. The Morgan fingerprint density at radius 2 is 1.67 bits per heavy atom. The number of aryl methyl sites for hydroxylation is 1. The topological polar surface area (TPSA) is 0 Å². The summed E-state index contributed by atoms with van der Waals surface area (Å²) in [5, 5.41) is 0. The third kappa shape index (κ3) is 3.78. The third-order valence-electron chi connectivity index (χ3n) is 2.76. The maximum Gasteiger partial charge on any atom is 0.0154 e. The molecule has 0 aromatic heterocycles. The van der Waals surface area contributed by atoms with Gasteiger partial charge < -0.3 is 0 Å². The predicted octanol–water partition coefficient (Wildman–Crippen LogP) is 5.35. The van der Waals surface area contributed by atoms with E-state index < -0.39 is 0 Å². The average molecular weight is 254 g/mol. The van der Waals surface area contributed by atoms with Crippen molar-refractivity contribution in [2.75, 3.05) is 0 Å². The second-order valence-electron chi connectivity index (χ2n) is 4.48. The van der Waals surface area contributed by atoms with Crippen molar-refractivity contribution in [1.29, 1.82) is 0 Å². The highest BCUT2D eigenvalue weighted by atomic mass is 32.2. The van der Waals surface area contributed by atoms with E-state index >= 15 is 0 Å². The fraction of sp³-hybridized carbons (Fsp3) is 0.176. The molecule has 2 rings (SSSR count). The van der Waals surface area contributed by atoms with Gasteiger partial charge in [0.15, 0.2) is 0 Å². The summed E-state index contributed by atoms with van der Waals surface area (Å²) in [6.45, 7) is 6.07. The minimum absolute atomic E-state index is 1.06. The molecule has 0 aliphatic carbocycles. The summed E-state index contributed by atoms with van der Waals surface area (Å²) in [5.41, 5.74) is 2.66. The van der Waals surface area contributed by atoms with E-state index in [-0.39, 0.29) is 0 Å². The molecule has 0 saturated carbocycles. The van der Waals surface area contributed by atoms with Crippen molar-refractivity contribution in [3.8, 4) is 0 Å². The lowest BCUT2D eigenvalue weighted by atomic mass is 10.1. The number of benzene rings is 2. The molecule has 0 radical (unpaired) electrons. The third-order valence-corrected chi connectivity index (χ3v) is 3.89. The van der Waals surface area contributed by atoms with Crippen LogP contribution in [0.25, 0.3) is 0 Å². The summed E-state index contributed by atoms with van der Waals surface area (Å²) in [6, 6.07) is 19.2. The van der Waals surface area contributed by atoms with E-state index in [9.17, 15) is 0 Å². The van der Waals surface area contributed by atoms with E-state index in [0.717, 1.165) is 12.8 Å². The largest absolute Gasteiger partial charge is 0.100 e. The van der Waals surface area contributed by atoms with E-state index in [4.69, 9.17) is 0 Å². The van der Waals surface area contributed by atoms with Gasteiger partial charge in [0.05, 0.1) is 0 Å². The minimum atomic E-state index is 1.06. The highest BCUT2D eigenvalue weighted by Gasteiger charge is 2.03. The van der Waals surface area contributed by atoms with Crippen LogP contribution in [0.5, 0.6) is 0 Å². The van der Waals surface area contributed by atoms with Gasteiger partial charge in [-0.2, -0.15) is 0 Å². The molecule has 92 valence electrons. The highest BCUT2D eigenvalue weighted by molar-refractivity contribution is 7.99. The normalized spacial score (nSPS) is 10.3. The van der Waals surface area contributed by atoms with E-state index in [2.05, 4.69) is 68.1 Å². The Morgan fingerprint density at radius 3 is 2.39 bits per heavy atom. The average Bonchev–Trinajstić information content (AvgIpc) is 2.39. The van der Waals surface area contributed by atoms with Crippen LogP contribution in [0.3, 0.4) is 0 Å². The molecule has 0 heterocycles. The van der Waals surface area contributed by atoms with Crippen LogP contribution in [0.1, 0.15) is 18.9 Å². The van der Waals surface area contributed by atoms with Crippen molar-refractivity contribution in [2.45, 2.75) is 29.6 Å². The lowest BCUT2D eigenvalue weighted by Gasteiger charge is -2.09. The summed E-state index contributed by atoms with van der Waals surface area (Å²) in [7, 11) is 0. The molecular weight excluding hydrogens is 236 g/mol. The Labute approximate surface area is 114 Å². The van der Waals surface area contributed by atoms with E-state index in [0.29, 0.717) is 0 Å². The van der Waals surface area contributed by atoms with Crippen LogP contribution < -0.4 is 0 Å². The fourth-order valence-electron chi connectivity index (χ4n) is 1.77. The van der Waals surface area contributed by atoms with E-state index in [1.165, 1.54) is 20.9 Å². The Bertz CT molecular complexity index is 514. The number of rotatable bonds is 5. The first-order valence-electron chi connectivity index (χ1n) is 6.21. The number of allylic oxidation sites excluding steroid dienone is 1. The van der Waals surface area contributed by atoms with E-state index in [1.807, 2.05) is 11.8 Å². The second-order valence-corrected chi connectivity index (χ2v) is 5.60. The lowest BCUT2D eigenvalue weighted by molar-refractivity contribution is 0.923. The lowest BCUT2D eigenvalue weighted by Crippen LogP contribution is -1.89. The molecular formula is C17H18S. The van der Waals surface area contributed by atoms with Gasteiger partial charge in [0.25, 0.3) is 0 Å². The molecule has 0 aliphatic heterocycles. The van der Waals surface area contributed by atoms with Gasteiger partial charge in [0.2, 0.25) is 0 Å². The SMILES string of the molecule is C=C(C)CCc1ccccc1Sc1ccccc1. The molecule has 0 N–H and O–H groups in total. The molecule has 0 aliphatic rings. The quantitative estimate of drug-likeness (QED) is 0.648. The second kappa shape index (κ2) is 6.46. The minimum Gasteiger partial charge on any atom is -0.100 e. The van der Waals surface area contributed by atoms with Crippen LogP contribution in [-0.4, -0.2) is 0 Å². The maximum atomic E-state index is 3.98. The van der Waals surface area contributed by atoms with Crippen molar-refractivity contribution in [2.24, 2.45) is 0 Å². The summed E-state index contributed by atoms with van der Waals surface area (Å²) < 4.78 is 0. The molecule has 0 spiro atoms. The van der Waals surface area contributed by atoms with Crippen molar-refractivity contribution in [1.82, 2.24) is 0 Å². The van der Waals surface area contributed by atoms with Gasteiger partial charge in [-0.1, -0.05) is 53.7 Å². The zero-order chi connectivity index (χ0) is 12.8. The van der Waals surface area contributed by atoms with Gasteiger partial charge in [0, 0.05) is 9.79 Å². The molecule has 2 aromatic carbocycles. The zero-order valence-electron chi connectivity index (χ0n) is 10.7. The molecule has 2 aromatic rings. The standard InChI is InChI=1S/C17H18S/c1-14(2)12-13-15-8-6-7-11-17(15)18-16-9-4-3-5-10-16/h3-11H,1,12-13H2,2H3. The molecule has 0 nitrogen and oxygen atoms in total. The molecule has 0 saturated heterocycles. The zero-order valence-corrected chi connectivity index (χ0v) is 11.5. The van der Waals surface area contributed by atoms with Gasteiger partial charge in [-0.15, -0.1) is 6.58 Å². The fourth-order valence-corrected chi connectivity index (χ4v) is 2.77. The Morgan fingerprint density at radius 1 is 1.00 bits per heavy atom. The van der Waals surface area contributed by atoms with Crippen LogP contribution in [-0.2, 0) is 6.42 Å². The van der Waals surface area contributed by atoms with Crippen LogP contribution in [0, 0.1) is 0 Å². The van der Waals surface area contributed by atoms with Crippen LogP contribution in [0.2, 0.25) is 0 Å². The van der Waals surface area contributed by atoms with Gasteiger partial charge >= 0.3 is 0 Å². The van der Waals surface area contributed by atoms with Gasteiger partial charge in [0.1, 0.15) is 0 Å². The predicted molar refractivity (Wildman–Crippen MR) is 80.1 cm³/mol. The van der Waals surface area contributed by atoms with Gasteiger partial charge in [-0.3, -0.25) is 0 Å². The molecule has 0 amide bonds. The molecule has 0 fully saturated rings. The van der Waals surface area contributed by atoms with Gasteiger partial charge in [-0.05, 0) is 43.5 Å². The summed E-state index contributed by atoms with van der Waals surface area (Å²) in [4.78, 5) is 2.64. The number of hydrogen-bond donors (Lipinski definition) is 0. The Kier molecular flexibility index (Phi) is 4.66. The first-order valence-corrected chi connectivity index (χ1v) is 7.02. The van der Waals surface area contributed by atoms with Crippen LogP contribution >= 0.6 is 11.8 Å². The summed E-state index contributed by atoms with van der Waals surface area (Å²) in [5.74, 6) is 0. The first kappa shape index (κ1) is 13.0. The molecule has 0 bridgehead atoms. The van der Waals surface area contributed by atoms with Crippen molar-refractivity contribution < 1.29 is 0 Å². The Balaban J connectivity index is 2.14. The summed E-state index contributed by atoms with van der Waals surface area (Å²) in [6.07, 6.45) is 2.14. The van der Waals surface area contributed by atoms with Crippen molar-refractivity contribution >= 4 is 11.8 Å². The highest BCUT2D eigenvalue weighted by Crippen LogP contribution is 2.31. The van der Waals surface area contributed by atoms with Crippen molar-refractivity contribution in [3.05, 3.63) is 72.3 Å². The van der Waals surface area contributed by atoms with Crippen LogP contribution in [0.15, 0.2) is 76.5 Å². The molecule has 1 heteroatoms. The monoisotopic (exact) mass is 254 g/mol. The maximum absolute atomic E-state index is 3.98. The van der Waals surface area contributed by atoms with Crippen molar-refractivity contribution in [3.63, 3.8) is 0 Å². The van der Waals surface area contributed by atoms with E-state index in [1.54, 1.807) is 0 Å². The van der Waals surface area contributed by atoms with Crippen LogP contribution in [0.4, 0.5) is 0 Å².